The lowest BCUT2D eigenvalue weighted by atomic mass is 10.0. The number of aryl methyl sites for hydroxylation is 1. The van der Waals surface area contributed by atoms with Crippen molar-refractivity contribution in [2.45, 2.75) is 60.3 Å². The van der Waals surface area contributed by atoms with E-state index in [4.69, 9.17) is 5.41 Å². The minimum atomic E-state index is -0.383. The summed E-state index contributed by atoms with van der Waals surface area (Å²) < 4.78 is 2.18. The Bertz CT molecular complexity index is 1200. The first kappa shape index (κ1) is 23.2. The monoisotopic (exact) mass is 461 g/mol. The first-order chi connectivity index (χ1) is 15.7. The van der Waals surface area contributed by atoms with E-state index < -0.39 is 0 Å². The van der Waals surface area contributed by atoms with Crippen LogP contribution in [0.2, 0.25) is 0 Å². The smallest absolute Gasteiger partial charge is 0.283 e. The molecular formula is C26H31N5OS. The fourth-order valence-corrected chi connectivity index (χ4v) is 5.46. The number of nitrogens with zero attached hydrogens (tertiary/aromatic N) is 4. The molecule has 0 spiro atoms. The summed E-state index contributed by atoms with van der Waals surface area (Å²) in [5.74, 6) is 0.506. The lowest BCUT2D eigenvalue weighted by Crippen LogP contribution is -2.35. The number of amides is 1. The molecule has 172 valence electrons. The van der Waals surface area contributed by atoms with Gasteiger partial charge in [-0.25, -0.2) is 0 Å². The highest BCUT2D eigenvalue weighted by Crippen LogP contribution is 2.33. The number of nitrogens with one attached hydrogen (secondary N) is 1. The van der Waals surface area contributed by atoms with Gasteiger partial charge in [0.2, 0.25) is 5.17 Å². The van der Waals surface area contributed by atoms with Crippen molar-refractivity contribution in [1.29, 1.82) is 5.41 Å². The molecule has 7 heteroatoms. The topological polar surface area (TPSA) is 73.8 Å². The number of hydrogen-bond acceptors (Lipinski definition) is 4. The van der Waals surface area contributed by atoms with E-state index in [1.807, 2.05) is 6.92 Å². The summed E-state index contributed by atoms with van der Waals surface area (Å²) >= 11 is 1.41. The third-order valence-corrected chi connectivity index (χ3v) is 7.46. The van der Waals surface area contributed by atoms with Crippen LogP contribution in [0.4, 0.5) is 0 Å². The second-order valence-electron chi connectivity index (χ2n) is 8.88. The summed E-state index contributed by atoms with van der Waals surface area (Å²) in [6.07, 6.45) is 3.72. The molecule has 3 heterocycles. The molecule has 0 atom stereocenters. The molecule has 1 N–H and O–H groups in total. The van der Waals surface area contributed by atoms with Gasteiger partial charge in [-0.05, 0) is 79.8 Å². The molecule has 4 rings (SSSR count). The van der Waals surface area contributed by atoms with Crippen molar-refractivity contribution in [3.05, 3.63) is 58.4 Å². The van der Waals surface area contributed by atoms with Crippen LogP contribution >= 0.6 is 11.8 Å². The number of fused-ring (bicyclic) bond motifs is 1. The molecule has 0 fully saturated rings. The van der Waals surface area contributed by atoms with Crippen LogP contribution in [0.5, 0.6) is 0 Å². The largest absolute Gasteiger partial charge is 0.318 e. The van der Waals surface area contributed by atoms with Gasteiger partial charge in [-0.1, -0.05) is 39.8 Å². The van der Waals surface area contributed by atoms with Crippen LogP contribution in [-0.2, 0) is 4.79 Å². The Hall–Kier alpha value is -2.93. The van der Waals surface area contributed by atoms with Gasteiger partial charge < -0.3 is 4.57 Å². The summed E-state index contributed by atoms with van der Waals surface area (Å²) in [6.45, 7) is 12.7. The standard InChI is InChI=1S/C26H31N5OS/c1-7-18(8-2)25-29-31-23(27)22(24(32)28-26(31)33-25)14-20-13-16(5)30(17(20)6)21-11-9-19(10-12-21)15(3)4/h9-15,18,27H,7-8H2,1-6H3/b22-14-,27-23?. The highest BCUT2D eigenvalue weighted by atomic mass is 32.2. The van der Waals surface area contributed by atoms with Gasteiger partial charge in [-0.15, -0.1) is 0 Å². The summed E-state index contributed by atoms with van der Waals surface area (Å²) in [5, 5.41) is 16.2. The molecule has 0 aliphatic carbocycles. The van der Waals surface area contributed by atoms with E-state index in [-0.39, 0.29) is 17.3 Å². The van der Waals surface area contributed by atoms with Gasteiger partial charge in [-0.3, -0.25) is 10.2 Å². The van der Waals surface area contributed by atoms with Gasteiger partial charge in [0.25, 0.3) is 5.91 Å². The van der Waals surface area contributed by atoms with Crippen LogP contribution in [0.15, 0.2) is 46.0 Å². The Labute approximate surface area is 200 Å². The molecule has 2 aliphatic rings. The van der Waals surface area contributed by atoms with Gasteiger partial charge >= 0.3 is 0 Å². The van der Waals surface area contributed by atoms with E-state index in [0.717, 1.165) is 40.5 Å². The third kappa shape index (κ3) is 4.22. The van der Waals surface area contributed by atoms with E-state index >= 15 is 0 Å². The van der Waals surface area contributed by atoms with Crippen molar-refractivity contribution in [1.82, 2.24) is 9.58 Å². The van der Waals surface area contributed by atoms with Crippen LogP contribution in [0.1, 0.15) is 69.0 Å². The average Bonchev–Trinajstić information content (AvgIpc) is 3.32. The molecule has 0 radical (unpaired) electrons. The van der Waals surface area contributed by atoms with Crippen LogP contribution in [0.25, 0.3) is 11.8 Å². The highest BCUT2D eigenvalue weighted by Gasteiger charge is 2.37. The van der Waals surface area contributed by atoms with Gasteiger partial charge in [-0.2, -0.15) is 15.1 Å². The van der Waals surface area contributed by atoms with Gasteiger partial charge in [0.15, 0.2) is 5.84 Å². The number of carbonyl (C=O) groups excluding carboxylic acids is 1. The second-order valence-corrected chi connectivity index (χ2v) is 9.87. The number of aliphatic imine (C=N–C) groups is 1. The molecule has 1 aromatic heterocycles. The maximum absolute atomic E-state index is 12.8. The summed E-state index contributed by atoms with van der Waals surface area (Å²) in [7, 11) is 0. The maximum atomic E-state index is 12.8. The van der Waals surface area contributed by atoms with Gasteiger partial charge in [0.05, 0.1) is 5.57 Å². The normalized spacial score (nSPS) is 17.3. The predicted molar refractivity (Wildman–Crippen MR) is 138 cm³/mol. The highest BCUT2D eigenvalue weighted by molar-refractivity contribution is 8.27. The number of benzene rings is 1. The quantitative estimate of drug-likeness (QED) is 0.515. The molecule has 0 bridgehead atoms. The van der Waals surface area contributed by atoms with E-state index in [1.165, 1.54) is 22.3 Å². The molecular weight excluding hydrogens is 430 g/mol. The predicted octanol–water partition coefficient (Wildman–Crippen LogP) is 6.27. The van der Waals surface area contributed by atoms with Crippen molar-refractivity contribution in [3.8, 4) is 5.69 Å². The van der Waals surface area contributed by atoms with E-state index in [1.54, 1.807) is 6.08 Å². The molecule has 33 heavy (non-hydrogen) atoms. The van der Waals surface area contributed by atoms with Crippen molar-refractivity contribution < 1.29 is 4.79 Å². The lowest BCUT2D eigenvalue weighted by Gasteiger charge is -2.20. The molecule has 2 aliphatic heterocycles. The zero-order valence-corrected chi connectivity index (χ0v) is 21.0. The van der Waals surface area contributed by atoms with E-state index in [9.17, 15) is 4.79 Å². The first-order valence-electron chi connectivity index (χ1n) is 11.5. The zero-order valence-electron chi connectivity index (χ0n) is 20.1. The van der Waals surface area contributed by atoms with Gasteiger partial charge in [0.1, 0.15) is 5.04 Å². The number of carbonyl (C=O) groups is 1. The van der Waals surface area contributed by atoms with Crippen molar-refractivity contribution >= 4 is 39.8 Å². The van der Waals surface area contributed by atoms with Crippen molar-refractivity contribution in [2.24, 2.45) is 16.0 Å². The summed E-state index contributed by atoms with van der Waals surface area (Å²) in [6, 6.07) is 10.6. The van der Waals surface area contributed by atoms with Crippen LogP contribution < -0.4 is 0 Å². The Balaban J connectivity index is 1.68. The molecule has 6 nitrogen and oxygen atoms in total. The lowest BCUT2D eigenvalue weighted by molar-refractivity contribution is -0.114. The number of amidine groups is 2. The number of thioether (sulfide) groups is 1. The van der Waals surface area contributed by atoms with Crippen LogP contribution in [0.3, 0.4) is 0 Å². The first-order valence-corrected chi connectivity index (χ1v) is 12.4. The minimum absolute atomic E-state index is 0.0875. The third-order valence-electron chi connectivity index (χ3n) is 6.39. The Morgan fingerprint density at radius 2 is 1.79 bits per heavy atom. The zero-order chi connectivity index (χ0) is 23.9. The molecule has 1 amide bonds. The summed E-state index contributed by atoms with van der Waals surface area (Å²) in [4.78, 5) is 17.1. The van der Waals surface area contributed by atoms with E-state index in [0.29, 0.717) is 17.0 Å². The molecule has 0 saturated heterocycles. The number of rotatable bonds is 6. The second kappa shape index (κ2) is 9.14. The van der Waals surface area contributed by atoms with Gasteiger partial charge in [0, 0.05) is 23.0 Å². The van der Waals surface area contributed by atoms with Crippen LogP contribution in [0, 0.1) is 25.2 Å². The average molecular weight is 462 g/mol. The van der Waals surface area contributed by atoms with Crippen LogP contribution in [-0.4, -0.2) is 31.5 Å². The molecule has 0 unspecified atom stereocenters. The fraction of sp³-hybridized carbons (Fsp3) is 0.385. The minimum Gasteiger partial charge on any atom is -0.318 e. The number of aromatic nitrogens is 1. The van der Waals surface area contributed by atoms with E-state index in [2.05, 4.69) is 79.6 Å². The molecule has 2 aromatic rings. The molecule has 1 aromatic carbocycles. The summed E-state index contributed by atoms with van der Waals surface area (Å²) in [5.41, 5.74) is 5.65. The molecule has 0 saturated carbocycles. The SMILES string of the molecule is CCC(CC)C1=NN2C(=N)/C(=C/c3cc(C)n(-c4ccc(C(C)C)cc4)c3C)C(=O)N=C2S1. The Morgan fingerprint density at radius 1 is 1.12 bits per heavy atom. The van der Waals surface area contributed by atoms with Crippen molar-refractivity contribution in [3.63, 3.8) is 0 Å². The maximum Gasteiger partial charge on any atom is 0.283 e. The number of hydrogen-bond donors (Lipinski definition) is 1. The number of hydrazone groups is 1. The van der Waals surface area contributed by atoms with Crippen molar-refractivity contribution in [2.75, 3.05) is 0 Å². The Kier molecular flexibility index (Phi) is 6.43. The fourth-order valence-electron chi connectivity index (χ4n) is 4.30. The Morgan fingerprint density at radius 3 is 2.39 bits per heavy atom.